The van der Waals surface area contributed by atoms with Crippen molar-refractivity contribution in [1.82, 2.24) is 15.5 Å². The number of nitrogens with zero attached hydrogens (tertiary/aromatic N) is 2. The van der Waals surface area contributed by atoms with E-state index in [4.69, 9.17) is 9.47 Å². The lowest BCUT2D eigenvalue weighted by Crippen LogP contribution is -2.51. The largest absolute Gasteiger partial charge is 0.486 e. The van der Waals surface area contributed by atoms with Crippen molar-refractivity contribution in [2.45, 2.75) is 45.3 Å². The second-order valence-corrected chi connectivity index (χ2v) is 6.64. The lowest BCUT2D eigenvalue weighted by Gasteiger charge is -2.32. The highest BCUT2D eigenvalue weighted by molar-refractivity contribution is 5.80. The molecule has 28 heavy (non-hydrogen) atoms. The number of benzene rings is 1. The summed E-state index contributed by atoms with van der Waals surface area (Å²) in [5.74, 6) is 0.562. The van der Waals surface area contributed by atoms with Crippen molar-refractivity contribution in [1.29, 1.82) is 0 Å². The minimum absolute atomic E-state index is 0.180. The lowest BCUT2D eigenvalue weighted by molar-refractivity contribution is 0.0962. The van der Waals surface area contributed by atoms with Gasteiger partial charge in [0, 0.05) is 26.2 Å². The van der Waals surface area contributed by atoms with Gasteiger partial charge in [-0.3, -0.25) is 4.99 Å². The molecule has 1 amide bonds. The molecule has 1 atom stereocenters. The van der Waals surface area contributed by atoms with Crippen LogP contribution in [0.1, 0.15) is 33.1 Å². The SMILES string of the molecule is CCOC(=O)N1CCC(NC(=NC)NCC(CC)Oc2ccccc2F)CC1. The number of piperidine rings is 1. The number of carbonyl (C=O) groups excluding carboxylic acids is 1. The summed E-state index contributed by atoms with van der Waals surface area (Å²) < 4.78 is 24.6. The zero-order valence-electron chi connectivity index (χ0n) is 16.9. The minimum Gasteiger partial charge on any atom is -0.486 e. The molecule has 8 heteroatoms. The van der Waals surface area contributed by atoms with E-state index in [9.17, 15) is 9.18 Å². The highest BCUT2D eigenvalue weighted by Crippen LogP contribution is 2.18. The molecule has 1 fully saturated rings. The fourth-order valence-corrected chi connectivity index (χ4v) is 3.01. The van der Waals surface area contributed by atoms with Crippen molar-refractivity contribution in [2.24, 2.45) is 4.99 Å². The number of guanidine groups is 1. The Kier molecular flexibility index (Phi) is 8.84. The molecule has 1 unspecified atom stereocenters. The molecule has 1 heterocycles. The third kappa shape index (κ3) is 6.58. The molecule has 1 aromatic rings. The van der Waals surface area contributed by atoms with Gasteiger partial charge < -0.3 is 25.0 Å². The number of hydrogen-bond donors (Lipinski definition) is 2. The van der Waals surface area contributed by atoms with Crippen molar-refractivity contribution < 1.29 is 18.7 Å². The van der Waals surface area contributed by atoms with Crippen LogP contribution in [0.25, 0.3) is 0 Å². The van der Waals surface area contributed by atoms with Crippen LogP contribution in [-0.2, 0) is 4.74 Å². The first kappa shape index (κ1) is 21.8. The van der Waals surface area contributed by atoms with Gasteiger partial charge in [0.1, 0.15) is 6.10 Å². The summed E-state index contributed by atoms with van der Waals surface area (Å²) in [5.41, 5.74) is 0. The highest BCUT2D eigenvalue weighted by Gasteiger charge is 2.24. The molecule has 0 aromatic heterocycles. The van der Waals surface area contributed by atoms with E-state index in [2.05, 4.69) is 15.6 Å². The molecule has 0 aliphatic carbocycles. The molecule has 0 bridgehead atoms. The topological polar surface area (TPSA) is 75.2 Å². The molecule has 1 aliphatic rings. The third-order valence-electron chi connectivity index (χ3n) is 4.67. The van der Waals surface area contributed by atoms with E-state index in [0.29, 0.717) is 32.2 Å². The number of ether oxygens (including phenoxy) is 2. The summed E-state index contributed by atoms with van der Waals surface area (Å²) in [6, 6.07) is 6.63. The summed E-state index contributed by atoms with van der Waals surface area (Å²) in [7, 11) is 1.71. The lowest BCUT2D eigenvalue weighted by atomic mass is 10.1. The Morgan fingerprint density at radius 1 is 1.32 bits per heavy atom. The highest BCUT2D eigenvalue weighted by atomic mass is 19.1. The summed E-state index contributed by atoms with van der Waals surface area (Å²) in [5, 5.41) is 6.63. The van der Waals surface area contributed by atoms with Gasteiger partial charge in [0.05, 0.1) is 13.2 Å². The number of carbonyl (C=O) groups is 1. The van der Waals surface area contributed by atoms with Crippen molar-refractivity contribution in [3.8, 4) is 5.75 Å². The first-order valence-corrected chi connectivity index (χ1v) is 9.87. The van der Waals surface area contributed by atoms with Crippen LogP contribution in [0.5, 0.6) is 5.75 Å². The van der Waals surface area contributed by atoms with Gasteiger partial charge in [-0.15, -0.1) is 0 Å². The molecular formula is C20H31FN4O3. The van der Waals surface area contributed by atoms with Gasteiger partial charge in [0.15, 0.2) is 17.5 Å². The number of rotatable bonds is 7. The monoisotopic (exact) mass is 394 g/mol. The van der Waals surface area contributed by atoms with Crippen molar-refractivity contribution in [2.75, 3.05) is 33.3 Å². The van der Waals surface area contributed by atoms with Crippen LogP contribution < -0.4 is 15.4 Å². The fourth-order valence-electron chi connectivity index (χ4n) is 3.01. The molecule has 1 aromatic carbocycles. The molecule has 1 aliphatic heterocycles. The molecule has 0 radical (unpaired) electrons. The Labute approximate surface area is 166 Å². The minimum atomic E-state index is -0.364. The van der Waals surface area contributed by atoms with Crippen LogP contribution in [0.2, 0.25) is 0 Å². The Bertz CT molecular complexity index is 648. The Morgan fingerprint density at radius 2 is 2.04 bits per heavy atom. The number of aliphatic imine (C=N–C) groups is 1. The predicted octanol–water partition coefficient (Wildman–Crippen LogP) is 2.77. The maximum Gasteiger partial charge on any atom is 0.409 e. The number of amides is 1. The van der Waals surface area contributed by atoms with Gasteiger partial charge >= 0.3 is 6.09 Å². The Morgan fingerprint density at radius 3 is 2.64 bits per heavy atom. The molecule has 1 saturated heterocycles. The maximum atomic E-state index is 13.8. The van der Waals surface area contributed by atoms with E-state index in [1.165, 1.54) is 6.07 Å². The number of nitrogens with one attached hydrogen (secondary N) is 2. The normalized spacial score (nSPS) is 16.4. The van der Waals surface area contributed by atoms with Crippen molar-refractivity contribution in [3.63, 3.8) is 0 Å². The maximum absolute atomic E-state index is 13.8. The van der Waals surface area contributed by atoms with E-state index < -0.39 is 0 Å². The molecule has 0 spiro atoms. The molecule has 2 N–H and O–H groups in total. The van der Waals surface area contributed by atoms with Gasteiger partial charge in [0.2, 0.25) is 0 Å². The smallest absolute Gasteiger partial charge is 0.409 e. The zero-order chi connectivity index (χ0) is 20.4. The fraction of sp³-hybridized carbons (Fsp3) is 0.600. The summed E-state index contributed by atoms with van der Waals surface area (Å²) in [6.45, 7) is 6.01. The van der Waals surface area contributed by atoms with Gasteiger partial charge in [-0.05, 0) is 38.3 Å². The molecule has 2 rings (SSSR count). The van der Waals surface area contributed by atoms with E-state index in [0.717, 1.165) is 19.3 Å². The third-order valence-corrected chi connectivity index (χ3v) is 4.67. The van der Waals surface area contributed by atoms with Gasteiger partial charge in [-0.1, -0.05) is 19.1 Å². The summed E-state index contributed by atoms with van der Waals surface area (Å²) >= 11 is 0. The zero-order valence-corrected chi connectivity index (χ0v) is 16.9. The number of likely N-dealkylation sites (tertiary alicyclic amines) is 1. The molecule has 0 saturated carbocycles. The van der Waals surface area contributed by atoms with E-state index in [1.54, 1.807) is 37.1 Å². The van der Waals surface area contributed by atoms with Crippen LogP contribution in [0.4, 0.5) is 9.18 Å². The summed E-state index contributed by atoms with van der Waals surface area (Å²) in [6.07, 6.45) is 1.95. The number of hydrogen-bond acceptors (Lipinski definition) is 4. The average molecular weight is 394 g/mol. The first-order chi connectivity index (χ1) is 13.6. The molecule has 7 nitrogen and oxygen atoms in total. The quantitative estimate of drug-likeness (QED) is 0.549. The Balaban J connectivity index is 1.78. The van der Waals surface area contributed by atoms with Crippen LogP contribution in [0.3, 0.4) is 0 Å². The standard InChI is InChI=1S/C20H31FN4O3/c1-4-16(28-18-9-7-6-8-17(18)21)14-23-19(22-3)24-15-10-12-25(13-11-15)20(26)27-5-2/h6-9,15-16H,4-5,10-14H2,1-3H3,(H2,22,23,24). The van der Waals surface area contributed by atoms with Gasteiger partial charge in [-0.2, -0.15) is 0 Å². The van der Waals surface area contributed by atoms with Gasteiger partial charge in [-0.25, -0.2) is 9.18 Å². The van der Waals surface area contributed by atoms with Gasteiger partial charge in [0.25, 0.3) is 0 Å². The van der Waals surface area contributed by atoms with Crippen LogP contribution in [0.15, 0.2) is 29.3 Å². The van der Waals surface area contributed by atoms with E-state index in [-0.39, 0.29) is 29.8 Å². The first-order valence-electron chi connectivity index (χ1n) is 9.87. The number of halogens is 1. The second kappa shape index (κ2) is 11.4. The molecule has 156 valence electrons. The van der Waals surface area contributed by atoms with Crippen LogP contribution in [0, 0.1) is 5.82 Å². The van der Waals surface area contributed by atoms with Crippen LogP contribution >= 0.6 is 0 Å². The number of para-hydroxylation sites is 1. The van der Waals surface area contributed by atoms with E-state index in [1.807, 2.05) is 6.92 Å². The van der Waals surface area contributed by atoms with Crippen molar-refractivity contribution in [3.05, 3.63) is 30.1 Å². The van der Waals surface area contributed by atoms with Crippen LogP contribution in [-0.4, -0.2) is 62.4 Å². The Hall–Kier alpha value is -2.51. The van der Waals surface area contributed by atoms with Crippen molar-refractivity contribution >= 4 is 12.1 Å². The molecular weight excluding hydrogens is 363 g/mol. The predicted molar refractivity (Wildman–Crippen MR) is 107 cm³/mol. The average Bonchev–Trinajstić information content (AvgIpc) is 2.72. The second-order valence-electron chi connectivity index (χ2n) is 6.64. The summed E-state index contributed by atoms with van der Waals surface area (Å²) in [4.78, 5) is 17.8. The van der Waals surface area contributed by atoms with E-state index >= 15 is 0 Å².